The van der Waals surface area contributed by atoms with Gasteiger partial charge in [-0.05, 0) is 0 Å². The number of likely N-dealkylation sites (N-methyl/N-ethyl adjacent to an activating group) is 1. The quantitative estimate of drug-likeness (QED) is 0.0590. The highest BCUT2D eigenvalue weighted by Gasteiger charge is 2.43. The smallest absolute Gasteiger partial charge is 0.394 e. The first-order chi connectivity index (χ1) is 15.8. The number of rotatable bonds is 15. The number of phosphoric ester groups is 1. The molecule has 0 aromatic rings. The predicted octanol–water partition coefficient (Wildman–Crippen LogP) is -4.00. The van der Waals surface area contributed by atoms with Crippen LogP contribution in [-0.2, 0) is 28.2 Å². The van der Waals surface area contributed by atoms with Gasteiger partial charge in [0.2, 0.25) is 11.8 Å². The fourth-order valence-corrected chi connectivity index (χ4v) is 3.31. The Kier molecular flexibility index (Phi) is 13.0. The molecule has 200 valence electrons. The highest BCUT2D eigenvalue weighted by atomic mass is 31.2. The van der Waals surface area contributed by atoms with Gasteiger partial charge in [0.25, 0.3) is 0 Å². The predicted molar refractivity (Wildman–Crippen MR) is 115 cm³/mol. The summed E-state index contributed by atoms with van der Waals surface area (Å²) in [6.07, 6.45) is -7.06. The zero-order valence-corrected chi connectivity index (χ0v) is 20.2. The van der Waals surface area contributed by atoms with Gasteiger partial charge < -0.3 is 54.8 Å². The van der Waals surface area contributed by atoms with Gasteiger partial charge in [-0.15, -0.1) is 0 Å². The molecular weight excluding hydrogens is 481 g/mol. The molecule has 0 saturated carbocycles. The van der Waals surface area contributed by atoms with E-state index in [1.54, 1.807) is 0 Å². The van der Waals surface area contributed by atoms with E-state index in [-0.39, 0.29) is 38.5 Å². The first-order valence-corrected chi connectivity index (χ1v) is 12.3. The highest BCUT2D eigenvalue weighted by molar-refractivity contribution is 7.46. The van der Waals surface area contributed by atoms with Crippen molar-refractivity contribution < 1.29 is 62.8 Å². The Labute approximate surface area is 197 Å². The van der Waals surface area contributed by atoms with E-state index in [0.717, 1.165) is 0 Å². The van der Waals surface area contributed by atoms with Crippen molar-refractivity contribution in [2.45, 2.75) is 43.5 Å². The molecule has 34 heavy (non-hydrogen) atoms. The summed E-state index contributed by atoms with van der Waals surface area (Å²) in [5.74, 6) is -0.738. The molecule has 0 aromatic carbocycles. The summed E-state index contributed by atoms with van der Waals surface area (Å²) in [5, 5.41) is 43.6. The van der Waals surface area contributed by atoms with Crippen molar-refractivity contribution >= 4 is 19.6 Å². The molecule has 0 radical (unpaired) electrons. The van der Waals surface area contributed by atoms with Crippen LogP contribution in [-0.4, -0.2) is 137 Å². The topological polar surface area (TPSA) is 224 Å². The average Bonchev–Trinajstić information content (AvgIpc) is 2.73. The number of ether oxygens (including phenoxy) is 2. The van der Waals surface area contributed by atoms with Crippen molar-refractivity contribution in [1.82, 2.24) is 10.6 Å². The fourth-order valence-electron chi connectivity index (χ4n) is 2.99. The van der Waals surface area contributed by atoms with Crippen molar-refractivity contribution in [3.05, 3.63) is 0 Å². The summed E-state index contributed by atoms with van der Waals surface area (Å²) in [4.78, 5) is 41.2. The van der Waals surface area contributed by atoms with Crippen LogP contribution in [0.4, 0.5) is 0 Å². The minimum Gasteiger partial charge on any atom is -0.394 e. The van der Waals surface area contributed by atoms with E-state index in [4.69, 9.17) is 24.4 Å². The summed E-state index contributed by atoms with van der Waals surface area (Å²) in [5.41, 5.74) is 0. The molecule has 5 atom stereocenters. The number of hydrogen-bond donors (Lipinski definition) is 8. The molecule has 0 bridgehead atoms. The number of nitrogens with one attached hydrogen (secondary N) is 2. The Morgan fingerprint density at radius 2 is 1.53 bits per heavy atom. The zero-order valence-electron chi connectivity index (χ0n) is 19.3. The van der Waals surface area contributed by atoms with Crippen molar-refractivity contribution in [3.63, 3.8) is 0 Å². The molecule has 1 aliphatic heterocycles. The van der Waals surface area contributed by atoms with E-state index in [0.29, 0.717) is 24.1 Å². The van der Waals surface area contributed by atoms with Gasteiger partial charge in [0, 0.05) is 19.4 Å². The third-order valence-electron chi connectivity index (χ3n) is 5.13. The van der Waals surface area contributed by atoms with Crippen molar-refractivity contribution in [2.24, 2.45) is 0 Å². The molecule has 0 aliphatic carbocycles. The van der Waals surface area contributed by atoms with Gasteiger partial charge in [-0.25, -0.2) is 4.57 Å². The maximum Gasteiger partial charge on any atom is 0.469 e. The molecule has 1 heterocycles. The van der Waals surface area contributed by atoms with E-state index in [1.165, 1.54) is 0 Å². The average molecular weight is 518 g/mol. The molecular formula is C18H37N3O12P+. The molecule has 0 aromatic heterocycles. The van der Waals surface area contributed by atoms with E-state index in [9.17, 15) is 29.5 Å². The Balaban J connectivity index is 2.17. The Morgan fingerprint density at radius 3 is 2.09 bits per heavy atom. The van der Waals surface area contributed by atoms with Crippen LogP contribution in [0.15, 0.2) is 0 Å². The number of nitrogens with zero attached hydrogens (tertiary/aromatic N) is 1. The van der Waals surface area contributed by atoms with Crippen molar-refractivity contribution in [3.8, 4) is 0 Å². The molecule has 1 aliphatic rings. The van der Waals surface area contributed by atoms with Gasteiger partial charge in [0.05, 0.1) is 40.4 Å². The Bertz CT molecular complexity index is 689. The van der Waals surface area contributed by atoms with Gasteiger partial charge in [-0.1, -0.05) is 0 Å². The van der Waals surface area contributed by atoms with Gasteiger partial charge in [0.1, 0.15) is 37.6 Å². The summed E-state index contributed by atoms with van der Waals surface area (Å²) in [7, 11) is -0.884. The first-order valence-electron chi connectivity index (χ1n) is 10.7. The zero-order chi connectivity index (χ0) is 25.9. The largest absolute Gasteiger partial charge is 0.469 e. The minimum atomic E-state index is -4.51. The van der Waals surface area contributed by atoms with Crippen LogP contribution in [0.2, 0.25) is 0 Å². The van der Waals surface area contributed by atoms with Gasteiger partial charge in [-0.2, -0.15) is 0 Å². The maximum atomic E-state index is 11.9. The van der Waals surface area contributed by atoms with Gasteiger partial charge in [0.15, 0.2) is 6.29 Å². The van der Waals surface area contributed by atoms with Crippen LogP contribution >= 0.6 is 7.82 Å². The number of quaternary nitrogens is 1. The van der Waals surface area contributed by atoms with Crippen LogP contribution in [0.25, 0.3) is 0 Å². The van der Waals surface area contributed by atoms with Crippen LogP contribution in [0.5, 0.6) is 0 Å². The Hall–Kier alpha value is -1.23. The normalized spacial score (nSPS) is 25.7. The lowest BCUT2D eigenvalue weighted by Crippen LogP contribution is -2.59. The SMILES string of the molecule is C[N+](C)(CCNC(=O)CCC(=O)NCCO[C@H]1O[C@H](CO)[C@@H](O)[C@H](O)[C@@H]1O)CCOP(=O)(O)O. The van der Waals surface area contributed by atoms with E-state index >= 15 is 0 Å². The number of amides is 2. The van der Waals surface area contributed by atoms with Crippen LogP contribution in [0.3, 0.4) is 0 Å². The van der Waals surface area contributed by atoms with E-state index < -0.39 is 51.0 Å². The second-order valence-corrected chi connectivity index (χ2v) is 9.71. The number of aliphatic hydroxyl groups excluding tert-OH is 4. The Morgan fingerprint density at radius 1 is 0.941 bits per heavy atom. The molecule has 1 saturated heterocycles. The van der Waals surface area contributed by atoms with E-state index in [1.807, 2.05) is 14.1 Å². The van der Waals surface area contributed by atoms with E-state index in [2.05, 4.69) is 15.2 Å². The standard InChI is InChI=1S/C18H36N3O12P/c1-21(2,8-10-32-34(28,29)30)7-5-19-13(23)3-4-14(24)20-6-9-31-18-17(27)16(26)15(25)12(11-22)33-18/h12,15-18,22,25-27H,3-11H2,1-2H3,(H3-,19,20,23,24,28,29,30)/p+1/t12-,15-,16+,17+,18+/m1/s1. The first kappa shape index (κ1) is 30.8. The maximum absolute atomic E-state index is 11.9. The molecule has 8 N–H and O–H groups in total. The second kappa shape index (κ2) is 14.4. The van der Waals surface area contributed by atoms with Crippen LogP contribution in [0, 0.1) is 0 Å². The lowest BCUT2D eigenvalue weighted by molar-refractivity contribution is -0.889. The number of phosphoric acid groups is 1. The lowest BCUT2D eigenvalue weighted by atomic mass is 9.99. The number of carbonyl (C=O) groups is 2. The summed E-state index contributed by atoms with van der Waals surface area (Å²) in [6.45, 7) is 0.358. The molecule has 16 heteroatoms. The summed E-state index contributed by atoms with van der Waals surface area (Å²) in [6, 6.07) is 0. The molecule has 0 spiro atoms. The summed E-state index contributed by atoms with van der Waals surface area (Å²) < 4.78 is 25.9. The minimum absolute atomic E-state index is 0.0395. The van der Waals surface area contributed by atoms with Gasteiger partial charge in [-0.3, -0.25) is 14.1 Å². The third-order valence-corrected chi connectivity index (χ3v) is 5.65. The van der Waals surface area contributed by atoms with Crippen molar-refractivity contribution in [2.75, 3.05) is 60.1 Å². The molecule has 1 fully saturated rings. The monoisotopic (exact) mass is 518 g/mol. The van der Waals surface area contributed by atoms with Crippen molar-refractivity contribution in [1.29, 1.82) is 0 Å². The summed E-state index contributed by atoms with van der Waals surface area (Å²) >= 11 is 0. The molecule has 15 nitrogen and oxygen atoms in total. The number of carbonyl (C=O) groups excluding carboxylic acids is 2. The van der Waals surface area contributed by atoms with Crippen LogP contribution < -0.4 is 10.6 Å². The van der Waals surface area contributed by atoms with Crippen LogP contribution in [0.1, 0.15) is 12.8 Å². The number of aliphatic hydroxyl groups is 4. The fraction of sp³-hybridized carbons (Fsp3) is 0.889. The molecule has 0 unspecified atom stereocenters. The number of hydrogen-bond acceptors (Lipinski definition) is 10. The second-order valence-electron chi connectivity index (χ2n) is 8.47. The molecule has 2 amide bonds. The highest BCUT2D eigenvalue weighted by Crippen LogP contribution is 2.35. The lowest BCUT2D eigenvalue weighted by Gasteiger charge is -2.39. The molecule has 1 rings (SSSR count). The third kappa shape index (κ3) is 12.0. The van der Waals surface area contributed by atoms with Gasteiger partial charge >= 0.3 is 7.82 Å².